The molecule has 0 radical (unpaired) electrons. The van der Waals surface area contributed by atoms with Crippen molar-refractivity contribution in [2.24, 2.45) is 0 Å². The van der Waals surface area contributed by atoms with Crippen LogP contribution < -0.4 is 9.88 Å². The number of aromatic nitrogens is 1. The van der Waals surface area contributed by atoms with E-state index in [1.165, 1.54) is 15.2 Å². The Morgan fingerprint density at radius 1 is 1.08 bits per heavy atom. The number of allylic oxidation sites excluding steroid dienone is 1. The van der Waals surface area contributed by atoms with Crippen molar-refractivity contribution in [1.82, 2.24) is 0 Å². The molecular weight excluding hydrogens is 328 g/mol. The van der Waals surface area contributed by atoms with Gasteiger partial charge in [0.25, 0.3) is 5.01 Å². The average Bonchev–Trinajstić information content (AvgIpc) is 2.99. The molecule has 2 aromatic carbocycles. The second-order valence-corrected chi connectivity index (χ2v) is 6.54. The van der Waals surface area contributed by atoms with Gasteiger partial charge in [0, 0.05) is 18.0 Å². The molecule has 0 aliphatic rings. The first-order chi connectivity index (χ1) is 12.3. The highest BCUT2D eigenvalue weighted by molar-refractivity contribution is 7.18. The molecule has 0 bridgehead atoms. The van der Waals surface area contributed by atoms with Crippen LogP contribution in [0.15, 0.2) is 72.6 Å². The quantitative estimate of drug-likeness (QED) is 0.359. The van der Waals surface area contributed by atoms with E-state index in [2.05, 4.69) is 47.1 Å². The Hall–Kier alpha value is -2.59. The summed E-state index contributed by atoms with van der Waals surface area (Å²) in [7, 11) is 0. The smallest absolute Gasteiger partial charge is 0.266 e. The second kappa shape index (κ2) is 8.49. The molecule has 1 aromatic heterocycles. The van der Waals surface area contributed by atoms with Gasteiger partial charge in [0.2, 0.25) is 5.52 Å². The van der Waals surface area contributed by atoms with Gasteiger partial charge in [0.1, 0.15) is 17.0 Å². The molecule has 128 valence electrons. The number of hydrogen-bond acceptors (Lipinski definition) is 3. The number of nitrogens with one attached hydrogen (secondary N) is 1. The molecule has 0 aliphatic carbocycles. The Morgan fingerprint density at radius 3 is 2.60 bits per heavy atom. The maximum atomic E-state index is 5.81. The lowest BCUT2D eigenvalue weighted by atomic mass is 10.3. The van der Waals surface area contributed by atoms with Crippen molar-refractivity contribution < 1.29 is 9.30 Å². The Morgan fingerprint density at radius 2 is 1.84 bits per heavy atom. The van der Waals surface area contributed by atoms with Crippen LogP contribution in [0.3, 0.4) is 0 Å². The van der Waals surface area contributed by atoms with Crippen LogP contribution in [-0.2, 0) is 11.3 Å². The van der Waals surface area contributed by atoms with Gasteiger partial charge in [-0.15, -0.1) is 0 Å². The number of thiazole rings is 1. The van der Waals surface area contributed by atoms with Gasteiger partial charge in [-0.25, -0.2) is 0 Å². The predicted molar refractivity (Wildman–Crippen MR) is 107 cm³/mol. The summed E-state index contributed by atoms with van der Waals surface area (Å²) in [4.78, 5) is 0. The summed E-state index contributed by atoms with van der Waals surface area (Å²) in [6, 6.07) is 18.6. The molecule has 25 heavy (non-hydrogen) atoms. The van der Waals surface area contributed by atoms with Crippen LogP contribution in [0, 0.1) is 0 Å². The third-order valence-electron chi connectivity index (χ3n) is 3.80. The van der Waals surface area contributed by atoms with E-state index in [4.69, 9.17) is 4.74 Å². The molecule has 3 nitrogen and oxygen atoms in total. The van der Waals surface area contributed by atoms with Crippen molar-refractivity contribution in [2.75, 3.05) is 11.9 Å². The van der Waals surface area contributed by atoms with Crippen molar-refractivity contribution in [3.63, 3.8) is 0 Å². The highest BCUT2D eigenvalue weighted by Gasteiger charge is 2.17. The summed E-state index contributed by atoms with van der Waals surface area (Å²) in [5, 5.41) is 4.46. The lowest BCUT2D eigenvalue weighted by Gasteiger charge is -2.04. The van der Waals surface area contributed by atoms with Crippen LogP contribution in [0.25, 0.3) is 16.3 Å². The van der Waals surface area contributed by atoms with Crippen LogP contribution in [0.1, 0.15) is 18.9 Å². The molecule has 0 fully saturated rings. The number of para-hydroxylation sites is 2. The van der Waals surface area contributed by atoms with E-state index in [1.807, 2.05) is 49.5 Å². The van der Waals surface area contributed by atoms with Gasteiger partial charge in [-0.3, -0.25) is 0 Å². The van der Waals surface area contributed by atoms with Crippen LogP contribution in [-0.4, -0.2) is 6.61 Å². The summed E-state index contributed by atoms with van der Waals surface area (Å²) in [6.45, 7) is 5.74. The fourth-order valence-corrected chi connectivity index (χ4v) is 3.83. The fraction of sp³-hybridized carbons (Fsp3) is 0.190. The van der Waals surface area contributed by atoms with Crippen molar-refractivity contribution in [2.45, 2.75) is 20.4 Å². The molecule has 3 rings (SSSR count). The summed E-state index contributed by atoms with van der Waals surface area (Å²) in [5.74, 6) is 0.847. The number of nitrogens with zero attached hydrogens (tertiary/aromatic N) is 1. The van der Waals surface area contributed by atoms with Gasteiger partial charge in [-0.1, -0.05) is 41.7 Å². The predicted octanol–water partition coefficient (Wildman–Crippen LogP) is 5.21. The maximum Gasteiger partial charge on any atom is 0.266 e. The molecule has 4 heteroatoms. The van der Waals surface area contributed by atoms with Gasteiger partial charge in [-0.2, -0.15) is 4.57 Å². The molecule has 0 unspecified atom stereocenters. The van der Waals surface area contributed by atoms with E-state index in [9.17, 15) is 0 Å². The SMILES string of the molecule is CCOC(C=CNc1ccccc1)=Cc1sc2ccccc2[n+]1CC. The maximum absolute atomic E-state index is 5.81. The number of hydrogen-bond donors (Lipinski definition) is 1. The zero-order valence-electron chi connectivity index (χ0n) is 14.6. The Labute approximate surface area is 152 Å². The van der Waals surface area contributed by atoms with Gasteiger partial charge in [0.05, 0.1) is 12.7 Å². The standard InChI is InChI=1S/C21H22N2OS/c1-3-23-19-12-8-9-13-20(19)25-21(23)16-18(24-4-2)14-15-22-17-10-6-5-7-11-17/h5-16H,3-4H2,1-2H3/p+1. The van der Waals surface area contributed by atoms with Crippen LogP contribution in [0.2, 0.25) is 0 Å². The van der Waals surface area contributed by atoms with Gasteiger partial charge >= 0.3 is 0 Å². The normalized spacial score (nSPS) is 12.0. The highest BCUT2D eigenvalue weighted by atomic mass is 32.1. The number of ether oxygens (including phenoxy) is 1. The summed E-state index contributed by atoms with van der Waals surface area (Å²) >= 11 is 1.78. The van der Waals surface area contributed by atoms with Crippen molar-refractivity contribution in [3.8, 4) is 0 Å². The third-order valence-corrected chi connectivity index (χ3v) is 4.91. The lowest BCUT2D eigenvalue weighted by molar-refractivity contribution is -0.665. The minimum atomic E-state index is 0.637. The Balaban J connectivity index is 1.87. The first-order valence-electron chi connectivity index (χ1n) is 8.55. The van der Waals surface area contributed by atoms with Gasteiger partial charge in [0.15, 0.2) is 0 Å². The molecule has 0 saturated carbocycles. The van der Waals surface area contributed by atoms with Gasteiger partial charge < -0.3 is 10.1 Å². The molecule has 0 amide bonds. The number of aryl methyl sites for hydroxylation is 1. The molecule has 0 aliphatic heterocycles. The minimum Gasteiger partial charge on any atom is -0.494 e. The van der Waals surface area contributed by atoms with E-state index in [-0.39, 0.29) is 0 Å². The van der Waals surface area contributed by atoms with E-state index in [0.29, 0.717) is 6.61 Å². The van der Waals surface area contributed by atoms with Crippen molar-refractivity contribution in [3.05, 3.63) is 77.6 Å². The molecule has 3 aromatic rings. The molecule has 0 atom stereocenters. The first-order valence-corrected chi connectivity index (χ1v) is 9.37. The van der Waals surface area contributed by atoms with Crippen molar-refractivity contribution >= 4 is 33.3 Å². The average molecular weight is 351 g/mol. The monoisotopic (exact) mass is 351 g/mol. The van der Waals surface area contributed by atoms with Crippen LogP contribution in [0.5, 0.6) is 0 Å². The summed E-state index contributed by atoms with van der Waals surface area (Å²) < 4.78 is 9.41. The zero-order chi connectivity index (χ0) is 17.5. The van der Waals surface area contributed by atoms with E-state index in [1.54, 1.807) is 11.3 Å². The minimum absolute atomic E-state index is 0.637. The molecular formula is C21H23N2OS+. The first kappa shape index (κ1) is 17.2. The highest BCUT2D eigenvalue weighted by Crippen LogP contribution is 2.22. The number of fused-ring (bicyclic) bond motifs is 1. The molecule has 0 spiro atoms. The van der Waals surface area contributed by atoms with Crippen LogP contribution in [0.4, 0.5) is 5.69 Å². The lowest BCUT2D eigenvalue weighted by Crippen LogP contribution is -2.33. The van der Waals surface area contributed by atoms with Crippen molar-refractivity contribution in [1.29, 1.82) is 0 Å². The summed E-state index contributed by atoms with van der Waals surface area (Å²) in [6.07, 6.45) is 6.00. The molecule has 1 N–H and O–H groups in total. The fourth-order valence-electron chi connectivity index (χ4n) is 2.67. The number of rotatable bonds is 7. The zero-order valence-corrected chi connectivity index (χ0v) is 15.4. The van der Waals surface area contributed by atoms with E-state index in [0.717, 1.165) is 18.0 Å². The van der Waals surface area contributed by atoms with E-state index >= 15 is 0 Å². The second-order valence-electron chi connectivity index (χ2n) is 5.48. The van der Waals surface area contributed by atoms with Crippen LogP contribution >= 0.6 is 11.3 Å². The van der Waals surface area contributed by atoms with E-state index < -0.39 is 0 Å². The summed E-state index contributed by atoms with van der Waals surface area (Å²) in [5.41, 5.74) is 2.32. The molecule has 1 heterocycles. The number of anilines is 1. The Bertz CT molecular complexity index is 881. The number of benzene rings is 2. The largest absolute Gasteiger partial charge is 0.494 e. The third kappa shape index (κ3) is 4.28. The molecule has 0 saturated heterocycles. The Kier molecular flexibility index (Phi) is 5.86. The topological polar surface area (TPSA) is 25.1 Å². The van der Waals surface area contributed by atoms with Gasteiger partial charge in [-0.05, 0) is 38.1 Å².